The second-order valence-corrected chi connectivity index (χ2v) is 11.7. The van der Waals surface area contributed by atoms with E-state index in [1.54, 1.807) is 0 Å². The standard InChI is InChI=1S/C40H27NS/c1-2-12-28(13-3-1)33-17-6-7-18-34(33)35-23-24-37(39-36-19-8-9-20-38(36)42-40(35)39)41-32-16-10-15-30(26-32)31-22-21-27-11-4-5-14-29(27)25-31/h1-26,41H. The van der Waals surface area contributed by atoms with Crippen molar-refractivity contribution in [3.05, 3.63) is 158 Å². The molecule has 1 heterocycles. The first-order valence-electron chi connectivity index (χ1n) is 14.3. The fourth-order valence-corrected chi connectivity index (χ4v) is 7.29. The maximum atomic E-state index is 3.80. The minimum Gasteiger partial charge on any atom is -0.355 e. The monoisotopic (exact) mass is 553 g/mol. The molecular formula is C40H27NS. The lowest BCUT2D eigenvalue weighted by Gasteiger charge is -2.15. The van der Waals surface area contributed by atoms with Gasteiger partial charge >= 0.3 is 0 Å². The van der Waals surface area contributed by atoms with Crippen LogP contribution in [0.4, 0.5) is 11.4 Å². The fourth-order valence-electron chi connectivity index (χ4n) is 6.03. The van der Waals surface area contributed by atoms with E-state index in [-0.39, 0.29) is 0 Å². The lowest BCUT2D eigenvalue weighted by atomic mass is 9.93. The van der Waals surface area contributed by atoms with E-state index in [1.165, 1.54) is 64.3 Å². The second kappa shape index (κ2) is 10.3. The highest BCUT2D eigenvalue weighted by molar-refractivity contribution is 7.26. The normalized spacial score (nSPS) is 11.3. The van der Waals surface area contributed by atoms with Crippen LogP contribution in [0.3, 0.4) is 0 Å². The third kappa shape index (κ3) is 4.34. The average Bonchev–Trinajstić information content (AvgIpc) is 3.45. The SMILES string of the molecule is c1ccc(-c2ccccc2-c2ccc(Nc3cccc(-c4ccc5ccccc5c4)c3)c3c2sc2ccccc23)cc1. The average molecular weight is 554 g/mol. The maximum Gasteiger partial charge on any atom is 0.0479 e. The highest BCUT2D eigenvalue weighted by Gasteiger charge is 2.17. The molecule has 7 aromatic carbocycles. The van der Waals surface area contributed by atoms with Crippen molar-refractivity contribution in [3.8, 4) is 33.4 Å². The minimum absolute atomic E-state index is 1.08. The molecule has 198 valence electrons. The van der Waals surface area contributed by atoms with Crippen molar-refractivity contribution in [3.63, 3.8) is 0 Å². The second-order valence-electron chi connectivity index (χ2n) is 10.6. The summed E-state index contributed by atoms with van der Waals surface area (Å²) in [5.74, 6) is 0. The maximum absolute atomic E-state index is 3.80. The van der Waals surface area contributed by atoms with E-state index in [0.717, 1.165) is 11.4 Å². The van der Waals surface area contributed by atoms with Gasteiger partial charge in [-0.3, -0.25) is 0 Å². The molecule has 0 saturated carbocycles. The van der Waals surface area contributed by atoms with E-state index in [2.05, 4.69) is 163 Å². The van der Waals surface area contributed by atoms with Gasteiger partial charge in [0.05, 0.1) is 0 Å². The fraction of sp³-hybridized carbons (Fsp3) is 0. The molecule has 0 spiro atoms. The molecule has 0 aliphatic rings. The summed E-state index contributed by atoms with van der Waals surface area (Å²) < 4.78 is 2.60. The van der Waals surface area contributed by atoms with Gasteiger partial charge < -0.3 is 5.32 Å². The number of hydrogen-bond donors (Lipinski definition) is 1. The van der Waals surface area contributed by atoms with Crippen molar-refractivity contribution in [2.45, 2.75) is 0 Å². The molecule has 0 bridgehead atoms. The zero-order valence-corrected chi connectivity index (χ0v) is 23.7. The summed E-state index contributed by atoms with van der Waals surface area (Å²) in [5.41, 5.74) is 9.62. The third-order valence-corrected chi connectivity index (χ3v) is 9.26. The van der Waals surface area contributed by atoms with Crippen molar-refractivity contribution in [1.29, 1.82) is 0 Å². The topological polar surface area (TPSA) is 12.0 Å². The quantitative estimate of drug-likeness (QED) is 0.223. The molecule has 0 atom stereocenters. The Morgan fingerprint density at radius 2 is 1.14 bits per heavy atom. The van der Waals surface area contributed by atoms with Crippen molar-refractivity contribution in [1.82, 2.24) is 0 Å². The molecule has 42 heavy (non-hydrogen) atoms. The first kappa shape index (κ1) is 24.6. The third-order valence-electron chi connectivity index (χ3n) is 8.05. The molecule has 1 nitrogen and oxygen atoms in total. The summed E-state index contributed by atoms with van der Waals surface area (Å²) in [6.07, 6.45) is 0. The molecule has 8 rings (SSSR count). The smallest absolute Gasteiger partial charge is 0.0479 e. The summed E-state index contributed by atoms with van der Waals surface area (Å²) in [5, 5.41) is 8.87. The van der Waals surface area contributed by atoms with Crippen molar-refractivity contribution < 1.29 is 0 Å². The number of hydrogen-bond acceptors (Lipinski definition) is 2. The van der Waals surface area contributed by atoms with Crippen LogP contribution in [-0.2, 0) is 0 Å². The summed E-state index contributed by atoms with van der Waals surface area (Å²) >= 11 is 1.87. The zero-order chi connectivity index (χ0) is 27.9. The van der Waals surface area contributed by atoms with E-state index in [4.69, 9.17) is 0 Å². The Balaban J connectivity index is 1.26. The van der Waals surface area contributed by atoms with Crippen molar-refractivity contribution in [2.24, 2.45) is 0 Å². The Kier molecular flexibility index (Phi) is 6.05. The van der Waals surface area contributed by atoms with Crippen LogP contribution in [0, 0.1) is 0 Å². The van der Waals surface area contributed by atoms with Gasteiger partial charge in [0.2, 0.25) is 0 Å². The van der Waals surface area contributed by atoms with Gasteiger partial charge in [-0.1, -0.05) is 127 Å². The highest BCUT2D eigenvalue weighted by atomic mass is 32.1. The van der Waals surface area contributed by atoms with E-state index in [0.29, 0.717) is 0 Å². The predicted octanol–water partition coefficient (Wildman–Crippen LogP) is 12.0. The van der Waals surface area contributed by atoms with E-state index >= 15 is 0 Å². The molecule has 0 saturated heterocycles. The largest absolute Gasteiger partial charge is 0.355 e. The molecule has 0 aliphatic heterocycles. The minimum atomic E-state index is 1.08. The van der Waals surface area contributed by atoms with Gasteiger partial charge in [-0.05, 0) is 68.9 Å². The highest BCUT2D eigenvalue weighted by Crippen LogP contribution is 2.46. The molecule has 1 aromatic heterocycles. The summed E-state index contributed by atoms with van der Waals surface area (Å²) in [7, 11) is 0. The predicted molar refractivity (Wildman–Crippen MR) is 183 cm³/mol. The Hall–Kier alpha value is -5.18. The van der Waals surface area contributed by atoms with Crippen LogP contribution in [0.1, 0.15) is 0 Å². The lowest BCUT2D eigenvalue weighted by molar-refractivity contribution is 1.56. The Labute approximate surface area is 249 Å². The number of fused-ring (bicyclic) bond motifs is 4. The summed E-state index contributed by atoms with van der Waals surface area (Å²) in [6.45, 7) is 0. The van der Waals surface area contributed by atoms with Crippen LogP contribution in [0.5, 0.6) is 0 Å². The van der Waals surface area contributed by atoms with Gasteiger partial charge in [-0.15, -0.1) is 11.3 Å². The summed E-state index contributed by atoms with van der Waals surface area (Å²) in [6, 6.07) is 56.7. The van der Waals surface area contributed by atoms with Crippen LogP contribution >= 0.6 is 11.3 Å². The van der Waals surface area contributed by atoms with Crippen LogP contribution < -0.4 is 5.32 Å². The van der Waals surface area contributed by atoms with Crippen LogP contribution in [0.2, 0.25) is 0 Å². The number of benzene rings is 7. The van der Waals surface area contributed by atoms with Crippen molar-refractivity contribution >= 4 is 53.7 Å². The Morgan fingerprint density at radius 3 is 2.05 bits per heavy atom. The van der Waals surface area contributed by atoms with Crippen LogP contribution in [0.15, 0.2) is 158 Å². The molecule has 0 amide bonds. The van der Waals surface area contributed by atoms with Gasteiger partial charge in [-0.2, -0.15) is 0 Å². The molecule has 0 unspecified atom stereocenters. The molecule has 1 N–H and O–H groups in total. The number of anilines is 2. The molecule has 2 heteroatoms. The first-order valence-corrected chi connectivity index (χ1v) is 15.1. The van der Waals surface area contributed by atoms with Gasteiger partial charge in [0.1, 0.15) is 0 Å². The Morgan fingerprint density at radius 1 is 0.429 bits per heavy atom. The van der Waals surface area contributed by atoms with E-state index < -0.39 is 0 Å². The molecule has 0 aliphatic carbocycles. The zero-order valence-electron chi connectivity index (χ0n) is 22.9. The lowest BCUT2D eigenvalue weighted by Crippen LogP contribution is -1.93. The Bertz CT molecular complexity index is 2230. The van der Waals surface area contributed by atoms with Crippen LogP contribution in [0.25, 0.3) is 64.3 Å². The number of nitrogens with one attached hydrogen (secondary N) is 1. The molecule has 8 aromatic rings. The van der Waals surface area contributed by atoms with Gasteiger partial charge in [0, 0.05) is 37.1 Å². The summed E-state index contributed by atoms with van der Waals surface area (Å²) in [4.78, 5) is 0. The molecular weight excluding hydrogens is 527 g/mol. The molecule has 0 radical (unpaired) electrons. The van der Waals surface area contributed by atoms with Gasteiger partial charge in [0.25, 0.3) is 0 Å². The molecule has 0 fully saturated rings. The van der Waals surface area contributed by atoms with Gasteiger partial charge in [-0.25, -0.2) is 0 Å². The van der Waals surface area contributed by atoms with E-state index in [9.17, 15) is 0 Å². The first-order chi connectivity index (χ1) is 20.8. The van der Waals surface area contributed by atoms with E-state index in [1.807, 2.05) is 11.3 Å². The number of thiophene rings is 1. The number of rotatable bonds is 5. The van der Waals surface area contributed by atoms with Crippen LogP contribution in [-0.4, -0.2) is 0 Å². The van der Waals surface area contributed by atoms with Gasteiger partial charge in [0.15, 0.2) is 0 Å². The van der Waals surface area contributed by atoms with Crippen molar-refractivity contribution in [2.75, 3.05) is 5.32 Å².